The van der Waals surface area contributed by atoms with Crippen LogP contribution in [0.2, 0.25) is 5.02 Å². The van der Waals surface area contributed by atoms with E-state index in [9.17, 15) is 13.6 Å². The largest absolute Gasteiger partial charge is 0.486 e. The van der Waals surface area contributed by atoms with Gasteiger partial charge < -0.3 is 14.8 Å². The number of ether oxygens (including phenoxy) is 2. The quantitative estimate of drug-likeness (QED) is 0.891. The number of amides is 1. The summed E-state index contributed by atoms with van der Waals surface area (Å²) in [7, 11) is 0. The van der Waals surface area contributed by atoms with Crippen LogP contribution >= 0.6 is 11.6 Å². The van der Waals surface area contributed by atoms with Crippen LogP contribution in [-0.2, 0) is 4.79 Å². The molecular weight excluding hydrogens is 256 g/mol. The topological polar surface area (TPSA) is 47.6 Å². The van der Waals surface area contributed by atoms with Crippen LogP contribution in [0.25, 0.3) is 0 Å². The van der Waals surface area contributed by atoms with E-state index in [2.05, 4.69) is 0 Å². The fourth-order valence-corrected chi connectivity index (χ4v) is 1.55. The maximum Gasteiger partial charge on any atom is 0.315 e. The van der Waals surface area contributed by atoms with Gasteiger partial charge in [0.1, 0.15) is 13.2 Å². The molecule has 2 rings (SSSR count). The van der Waals surface area contributed by atoms with E-state index in [1.165, 1.54) is 12.1 Å². The average Bonchev–Trinajstić information content (AvgIpc) is 2.29. The van der Waals surface area contributed by atoms with Crippen molar-refractivity contribution >= 4 is 23.2 Å². The van der Waals surface area contributed by atoms with Gasteiger partial charge in [0.2, 0.25) is 0 Å². The number of rotatable bonds is 2. The van der Waals surface area contributed by atoms with E-state index in [0.29, 0.717) is 24.7 Å². The minimum atomic E-state index is -3.10. The highest BCUT2D eigenvalue weighted by Crippen LogP contribution is 2.37. The molecule has 0 unspecified atom stereocenters. The van der Waals surface area contributed by atoms with Gasteiger partial charge in [-0.1, -0.05) is 11.6 Å². The zero-order valence-electron chi connectivity index (χ0n) is 8.50. The molecule has 1 aromatic rings. The average molecular weight is 264 g/mol. The first-order chi connectivity index (χ1) is 8.08. The van der Waals surface area contributed by atoms with E-state index < -0.39 is 12.3 Å². The number of benzene rings is 1. The summed E-state index contributed by atoms with van der Waals surface area (Å²) in [5.74, 6) is -0.620. The Kier molecular flexibility index (Phi) is 3.33. The molecule has 0 fully saturated rings. The second-order valence-electron chi connectivity index (χ2n) is 3.27. The molecule has 1 aliphatic rings. The Morgan fingerprint density at radius 2 is 1.88 bits per heavy atom. The molecule has 0 spiro atoms. The monoisotopic (exact) mass is 263 g/mol. The maximum atomic E-state index is 12.1. The molecule has 0 saturated heterocycles. The van der Waals surface area contributed by atoms with Gasteiger partial charge in [-0.25, -0.2) is 0 Å². The van der Waals surface area contributed by atoms with Crippen LogP contribution in [0.5, 0.6) is 11.5 Å². The molecule has 1 aromatic carbocycles. The van der Waals surface area contributed by atoms with Gasteiger partial charge >= 0.3 is 6.43 Å². The van der Waals surface area contributed by atoms with Gasteiger partial charge in [-0.05, 0) is 0 Å². The van der Waals surface area contributed by atoms with Gasteiger partial charge in [-0.3, -0.25) is 4.79 Å². The number of hydrogen-bond donors (Lipinski definition) is 1. The van der Waals surface area contributed by atoms with Crippen LogP contribution in [0.3, 0.4) is 0 Å². The highest BCUT2D eigenvalue weighted by Gasteiger charge is 2.19. The van der Waals surface area contributed by atoms with Gasteiger partial charge in [0.15, 0.2) is 11.5 Å². The van der Waals surface area contributed by atoms with Crippen LogP contribution in [0.15, 0.2) is 12.1 Å². The van der Waals surface area contributed by atoms with Gasteiger partial charge in [-0.15, -0.1) is 0 Å². The normalized spacial score (nSPS) is 13.6. The fourth-order valence-electron chi connectivity index (χ4n) is 1.35. The number of nitrogens with one attached hydrogen (secondary N) is 1. The minimum Gasteiger partial charge on any atom is -0.486 e. The Morgan fingerprint density at radius 1 is 1.29 bits per heavy atom. The van der Waals surface area contributed by atoms with Crippen molar-refractivity contribution in [1.82, 2.24) is 0 Å². The molecule has 0 radical (unpaired) electrons. The lowest BCUT2D eigenvalue weighted by atomic mass is 10.2. The van der Waals surface area contributed by atoms with E-state index in [0.717, 1.165) is 0 Å². The van der Waals surface area contributed by atoms with E-state index in [4.69, 9.17) is 21.1 Å². The van der Waals surface area contributed by atoms with Crippen LogP contribution in [-0.4, -0.2) is 25.5 Å². The van der Waals surface area contributed by atoms with Crippen LogP contribution < -0.4 is 14.8 Å². The lowest BCUT2D eigenvalue weighted by Crippen LogP contribution is -2.21. The number of halogens is 3. The molecule has 0 aromatic heterocycles. The Hall–Kier alpha value is -1.56. The summed E-state index contributed by atoms with van der Waals surface area (Å²) < 4.78 is 34.6. The third-order valence-corrected chi connectivity index (χ3v) is 2.40. The molecular formula is C10H8ClF2NO3. The molecule has 0 atom stereocenters. The molecule has 92 valence electrons. The van der Waals surface area contributed by atoms with Crippen molar-refractivity contribution in [3.05, 3.63) is 17.2 Å². The summed E-state index contributed by atoms with van der Waals surface area (Å²) >= 11 is 5.81. The first-order valence-electron chi connectivity index (χ1n) is 4.76. The third-order valence-electron chi connectivity index (χ3n) is 2.09. The number of carbonyl (C=O) groups is 1. The number of alkyl halides is 2. The number of carbonyl (C=O) groups excluding carboxylic acids is 1. The first kappa shape index (κ1) is 11.9. The fraction of sp³-hybridized carbons (Fsp3) is 0.300. The van der Waals surface area contributed by atoms with Crippen LogP contribution in [0, 0.1) is 0 Å². The molecule has 1 heterocycles. The van der Waals surface area contributed by atoms with Crippen molar-refractivity contribution in [2.24, 2.45) is 0 Å². The molecule has 1 amide bonds. The number of anilines is 1. The third kappa shape index (κ3) is 2.58. The number of fused-ring (bicyclic) bond motifs is 1. The highest BCUT2D eigenvalue weighted by molar-refractivity contribution is 6.34. The maximum absolute atomic E-state index is 12.1. The van der Waals surface area contributed by atoms with Crippen molar-refractivity contribution in [2.45, 2.75) is 6.43 Å². The summed E-state index contributed by atoms with van der Waals surface area (Å²) in [4.78, 5) is 10.8. The minimum absolute atomic E-state index is 0.0706. The second-order valence-corrected chi connectivity index (χ2v) is 3.67. The van der Waals surface area contributed by atoms with E-state index in [1.54, 1.807) is 0 Å². The van der Waals surface area contributed by atoms with E-state index >= 15 is 0 Å². The summed E-state index contributed by atoms with van der Waals surface area (Å²) in [6.45, 7) is 0.753. The molecule has 0 bridgehead atoms. The lowest BCUT2D eigenvalue weighted by Gasteiger charge is -2.19. The Labute approximate surface area is 100 Å². The SMILES string of the molecule is O=C(Nc1cc2c(cc1Cl)OCCO2)C(F)F. The Morgan fingerprint density at radius 3 is 2.47 bits per heavy atom. The Bertz CT molecular complexity index is 453. The van der Waals surface area contributed by atoms with Gasteiger partial charge in [-0.2, -0.15) is 8.78 Å². The summed E-state index contributed by atoms with van der Waals surface area (Å²) in [6.07, 6.45) is -3.10. The Balaban J connectivity index is 2.26. The molecule has 7 heteroatoms. The van der Waals surface area contributed by atoms with Crippen molar-refractivity contribution in [2.75, 3.05) is 18.5 Å². The van der Waals surface area contributed by atoms with Gasteiger partial charge in [0, 0.05) is 12.1 Å². The number of hydrogen-bond acceptors (Lipinski definition) is 3. The lowest BCUT2D eigenvalue weighted by molar-refractivity contribution is -0.126. The second kappa shape index (κ2) is 4.75. The molecule has 1 aliphatic heterocycles. The van der Waals surface area contributed by atoms with Crippen molar-refractivity contribution in [3.8, 4) is 11.5 Å². The zero-order valence-corrected chi connectivity index (χ0v) is 9.26. The van der Waals surface area contributed by atoms with Crippen LogP contribution in [0.1, 0.15) is 0 Å². The van der Waals surface area contributed by atoms with E-state index in [1.807, 2.05) is 5.32 Å². The first-order valence-corrected chi connectivity index (χ1v) is 5.14. The van der Waals surface area contributed by atoms with Crippen molar-refractivity contribution < 1.29 is 23.0 Å². The molecule has 0 aliphatic carbocycles. The van der Waals surface area contributed by atoms with Crippen molar-refractivity contribution in [1.29, 1.82) is 0 Å². The summed E-state index contributed by atoms with van der Waals surface area (Å²) in [5, 5.41) is 2.12. The predicted molar refractivity (Wildman–Crippen MR) is 57.1 cm³/mol. The predicted octanol–water partition coefficient (Wildman–Crippen LogP) is 2.31. The molecule has 17 heavy (non-hydrogen) atoms. The summed E-state index contributed by atoms with van der Waals surface area (Å²) in [6, 6.07) is 2.77. The van der Waals surface area contributed by atoms with Crippen molar-refractivity contribution in [3.63, 3.8) is 0 Å². The van der Waals surface area contributed by atoms with Gasteiger partial charge in [0.25, 0.3) is 5.91 Å². The smallest absolute Gasteiger partial charge is 0.315 e. The zero-order chi connectivity index (χ0) is 12.4. The molecule has 4 nitrogen and oxygen atoms in total. The standard InChI is InChI=1S/C10H8ClF2NO3/c11-5-3-7-8(17-2-1-16-7)4-6(5)14-10(15)9(12)13/h3-4,9H,1-2H2,(H,14,15). The summed E-state index contributed by atoms with van der Waals surface area (Å²) in [5.41, 5.74) is 0.0706. The van der Waals surface area contributed by atoms with E-state index in [-0.39, 0.29) is 10.7 Å². The molecule has 1 N–H and O–H groups in total. The van der Waals surface area contributed by atoms with Crippen LogP contribution in [0.4, 0.5) is 14.5 Å². The van der Waals surface area contributed by atoms with Gasteiger partial charge in [0.05, 0.1) is 10.7 Å². The highest BCUT2D eigenvalue weighted by atomic mass is 35.5. The molecule has 0 saturated carbocycles.